The first-order valence-corrected chi connectivity index (χ1v) is 32.6. The Kier molecular flexibility index (Phi) is 26.3. The van der Waals surface area contributed by atoms with Gasteiger partial charge in [0.15, 0.2) is 5.75 Å². The fourth-order valence-corrected chi connectivity index (χ4v) is 12.2. The van der Waals surface area contributed by atoms with Crippen molar-refractivity contribution in [3.63, 3.8) is 0 Å². The van der Waals surface area contributed by atoms with E-state index < -0.39 is 9.85 Å². The van der Waals surface area contributed by atoms with Gasteiger partial charge < -0.3 is 34.8 Å². The summed E-state index contributed by atoms with van der Waals surface area (Å²) in [7, 11) is 0. The lowest BCUT2D eigenvalue weighted by Crippen LogP contribution is -2.04. The number of benzene rings is 5. The second-order valence-electron chi connectivity index (χ2n) is 23.6. The molecule has 2 saturated carbocycles. The first-order chi connectivity index (χ1) is 43.3. The molecule has 5 aliphatic rings. The molecule has 18 nitrogen and oxygen atoms in total. The normalized spacial score (nSPS) is 16.2. The fourth-order valence-electron chi connectivity index (χ4n) is 12.1. The standard InChI is InChI=1S/C14H18N2O3.C14H15NO3.2C14H17NO.C8H15NO.C6H4ClNO2/c17-16(18)13-8-10-14(11-9-13)19-15-12-6-4-2-1-3-5-7-12;16-15(17)10-7-8-14-12(9-10)11-5-3-1-2-4-6-13(11)18-14;2*15-10-7-8-14-12(9-10)11-5-3-1-2-4-6-13(11)16-14;10-9-8-6-4-2-1-3-5-7-8;7-5-1-3-6(4-2-5)8(9)10/h8-11H,1-7H2;7-9H,1-6H2;2*7-9H,1-6,15H2;10H,1-7H2;1-4H. The van der Waals surface area contributed by atoms with Crippen LogP contribution >= 0.6 is 11.6 Å². The molecular weight excluding hydrogens is 1150 g/mol. The molecule has 0 spiro atoms. The number of nitrogens with two attached hydrogens (primary N) is 2. The molecule has 13 rings (SSSR count). The molecule has 0 amide bonds. The molecule has 19 heteroatoms. The van der Waals surface area contributed by atoms with Crippen LogP contribution in [0.25, 0.3) is 32.9 Å². The highest BCUT2D eigenvalue weighted by atomic mass is 35.5. The zero-order valence-corrected chi connectivity index (χ0v) is 52.0. The molecule has 0 bridgehead atoms. The molecule has 8 aromatic rings. The van der Waals surface area contributed by atoms with Crippen molar-refractivity contribution in [2.45, 2.75) is 205 Å². The van der Waals surface area contributed by atoms with E-state index in [-0.39, 0.29) is 22.0 Å². The quantitative estimate of drug-likeness (QED) is 0.0626. The van der Waals surface area contributed by atoms with Crippen LogP contribution in [0.15, 0.2) is 127 Å². The summed E-state index contributed by atoms with van der Waals surface area (Å²) >= 11 is 5.49. The zero-order chi connectivity index (χ0) is 62.7. The van der Waals surface area contributed by atoms with E-state index in [0.717, 1.165) is 128 Å². The van der Waals surface area contributed by atoms with Crippen LogP contribution in [0.2, 0.25) is 5.02 Å². The van der Waals surface area contributed by atoms with E-state index in [1.54, 1.807) is 24.3 Å². The molecule has 5 aromatic carbocycles. The van der Waals surface area contributed by atoms with Crippen LogP contribution in [-0.2, 0) is 38.5 Å². The van der Waals surface area contributed by atoms with Crippen LogP contribution in [0.5, 0.6) is 5.75 Å². The van der Waals surface area contributed by atoms with Crippen LogP contribution in [0.1, 0.15) is 201 Å². The van der Waals surface area contributed by atoms with Gasteiger partial charge in [-0.1, -0.05) is 99.0 Å². The third-order valence-electron chi connectivity index (χ3n) is 17.0. The average Bonchev–Trinajstić information content (AvgIpc) is 1.76. The van der Waals surface area contributed by atoms with Crippen LogP contribution < -0.4 is 16.3 Å². The molecule has 0 aliphatic heterocycles. The Morgan fingerprint density at radius 1 is 0.393 bits per heavy atom. The summed E-state index contributed by atoms with van der Waals surface area (Å²) in [5.41, 5.74) is 22.5. The van der Waals surface area contributed by atoms with Crippen molar-refractivity contribution in [1.29, 1.82) is 0 Å². The summed E-state index contributed by atoms with van der Waals surface area (Å²) in [4.78, 5) is 35.5. The van der Waals surface area contributed by atoms with E-state index in [4.69, 9.17) is 46.4 Å². The molecule has 474 valence electrons. The summed E-state index contributed by atoms with van der Waals surface area (Å²) in [6.45, 7) is 0. The molecule has 3 aromatic heterocycles. The number of oxime groups is 2. The van der Waals surface area contributed by atoms with Gasteiger partial charge in [-0.2, -0.15) is 0 Å². The molecular formula is C70H86ClN7O11. The minimum absolute atomic E-state index is 0.0596. The lowest BCUT2D eigenvalue weighted by molar-refractivity contribution is -0.385. The van der Waals surface area contributed by atoms with E-state index in [9.17, 15) is 30.3 Å². The lowest BCUT2D eigenvalue weighted by atomic mass is 9.97. The number of hydrogen-bond donors (Lipinski definition) is 3. The minimum Gasteiger partial charge on any atom is -0.461 e. The maximum Gasteiger partial charge on any atom is 0.270 e. The van der Waals surface area contributed by atoms with Crippen molar-refractivity contribution in [2.24, 2.45) is 10.3 Å². The number of aryl methyl sites for hydroxylation is 6. The van der Waals surface area contributed by atoms with Gasteiger partial charge in [0.25, 0.3) is 17.1 Å². The lowest BCUT2D eigenvalue weighted by Gasteiger charge is -2.10. The van der Waals surface area contributed by atoms with Crippen molar-refractivity contribution in [3.8, 4) is 5.75 Å². The molecule has 0 unspecified atom stereocenters. The zero-order valence-electron chi connectivity index (χ0n) is 51.2. The predicted molar refractivity (Wildman–Crippen MR) is 355 cm³/mol. The second kappa shape index (κ2) is 35.1. The van der Waals surface area contributed by atoms with Crippen LogP contribution in [-0.4, -0.2) is 31.4 Å². The van der Waals surface area contributed by atoms with E-state index in [1.807, 2.05) is 24.3 Å². The van der Waals surface area contributed by atoms with Crippen molar-refractivity contribution in [2.75, 3.05) is 11.5 Å². The number of nitrogen functional groups attached to an aromatic ring is 2. The molecule has 0 saturated heterocycles. The highest BCUT2D eigenvalue weighted by Gasteiger charge is 2.20. The Bertz CT molecular complexity index is 3510. The van der Waals surface area contributed by atoms with Crippen LogP contribution in [0.3, 0.4) is 0 Å². The van der Waals surface area contributed by atoms with E-state index >= 15 is 0 Å². The predicted octanol–water partition coefficient (Wildman–Crippen LogP) is 20.2. The molecule has 3 heterocycles. The molecule has 0 atom stereocenters. The van der Waals surface area contributed by atoms with E-state index in [1.165, 1.54) is 210 Å². The Hall–Kier alpha value is -8.25. The van der Waals surface area contributed by atoms with Crippen molar-refractivity contribution in [3.05, 3.63) is 172 Å². The third-order valence-corrected chi connectivity index (χ3v) is 17.2. The monoisotopic (exact) mass is 1240 g/mol. The summed E-state index contributed by atoms with van der Waals surface area (Å²) in [6.07, 6.45) is 38.1. The Balaban J connectivity index is 0.000000140. The van der Waals surface area contributed by atoms with Crippen molar-refractivity contribution in [1.82, 2.24) is 0 Å². The number of halogens is 1. The van der Waals surface area contributed by atoms with E-state index in [0.29, 0.717) is 10.8 Å². The Morgan fingerprint density at radius 2 is 0.708 bits per heavy atom. The number of nitro groups is 3. The highest BCUT2D eigenvalue weighted by Crippen LogP contribution is 2.35. The summed E-state index contributed by atoms with van der Waals surface area (Å²) in [5, 5.41) is 51.3. The summed E-state index contributed by atoms with van der Waals surface area (Å²) < 4.78 is 17.7. The largest absolute Gasteiger partial charge is 0.461 e. The number of furan rings is 3. The summed E-state index contributed by atoms with van der Waals surface area (Å²) in [5.74, 6) is 3.96. The summed E-state index contributed by atoms with van der Waals surface area (Å²) in [6, 6.07) is 28.5. The number of nitro benzene ring substituents is 3. The van der Waals surface area contributed by atoms with Gasteiger partial charge in [0.1, 0.15) is 34.0 Å². The Labute approximate surface area is 525 Å². The van der Waals surface area contributed by atoms with Gasteiger partial charge in [0.05, 0.1) is 26.2 Å². The smallest absolute Gasteiger partial charge is 0.270 e. The average molecular weight is 1240 g/mol. The van der Waals surface area contributed by atoms with Gasteiger partial charge in [0.2, 0.25) is 0 Å². The minimum atomic E-state index is -0.462. The molecule has 5 N–H and O–H groups in total. The number of nitrogens with zero attached hydrogens (tertiary/aromatic N) is 5. The first-order valence-electron chi connectivity index (χ1n) is 32.2. The number of anilines is 2. The van der Waals surface area contributed by atoms with Gasteiger partial charge in [-0.25, -0.2) is 0 Å². The SMILES string of the molecule is Nc1ccc2oc3c(c2c1)CCCCCC3.Nc1ccc2oc3c(c2c1)CCCCCC3.O=[N+]([O-])c1ccc(Cl)cc1.O=[N+]([O-])c1ccc(ON=C2CCCCCCC2)cc1.O=[N+]([O-])c1ccc2oc3c(c2c1)CCCCCC3.ON=C1CCCCCCC1. The highest BCUT2D eigenvalue weighted by molar-refractivity contribution is 6.30. The second-order valence-corrected chi connectivity index (χ2v) is 24.1. The van der Waals surface area contributed by atoms with Gasteiger partial charge in [-0.15, -0.1) is 0 Å². The fraction of sp³-hybridized carbons (Fsp3) is 0.457. The molecule has 0 radical (unpaired) electrons. The number of hydrogen-bond acceptors (Lipinski definition) is 15. The number of non-ortho nitro benzene ring substituents is 3. The number of rotatable bonds is 5. The Morgan fingerprint density at radius 3 is 1.09 bits per heavy atom. The molecule has 89 heavy (non-hydrogen) atoms. The van der Waals surface area contributed by atoms with Gasteiger partial charge in [0, 0.05) is 105 Å². The van der Waals surface area contributed by atoms with Gasteiger partial charge >= 0.3 is 0 Å². The number of fused-ring (bicyclic) bond motifs is 9. The third kappa shape index (κ3) is 20.7. The van der Waals surface area contributed by atoms with Gasteiger partial charge in [-0.3, -0.25) is 30.3 Å². The maximum absolute atomic E-state index is 10.8. The van der Waals surface area contributed by atoms with Crippen molar-refractivity contribution < 1.29 is 38.1 Å². The van der Waals surface area contributed by atoms with Crippen molar-refractivity contribution >= 4 is 84.4 Å². The van der Waals surface area contributed by atoms with Crippen LogP contribution in [0.4, 0.5) is 28.4 Å². The van der Waals surface area contributed by atoms with Gasteiger partial charge in [-0.05, 0) is 176 Å². The van der Waals surface area contributed by atoms with E-state index in [2.05, 4.69) is 22.4 Å². The van der Waals surface area contributed by atoms with Crippen LogP contribution in [0, 0.1) is 30.3 Å². The maximum atomic E-state index is 10.8. The molecule has 2 fully saturated rings. The first kappa shape index (κ1) is 66.7. The molecule has 5 aliphatic carbocycles. The topological polar surface area (TPSA) is 275 Å².